The van der Waals surface area contributed by atoms with Gasteiger partial charge in [-0.15, -0.1) is 0 Å². The predicted octanol–water partition coefficient (Wildman–Crippen LogP) is 0.00210. The molecule has 7 heteroatoms. The molecule has 7 nitrogen and oxygen atoms in total. The van der Waals surface area contributed by atoms with Crippen molar-refractivity contribution in [1.82, 2.24) is 15.5 Å². The standard InChI is InChI=1S/C13H21N3O4/c1-12(2,3)20-8-9(17)16-6-4-13(5-7-16)10(18)14-11(19)15-13/h4-8H2,1-3H3,(H2,14,15,18,19). The molecule has 0 radical (unpaired) electrons. The van der Waals surface area contributed by atoms with Crippen LogP contribution in [0.25, 0.3) is 0 Å². The molecule has 0 aliphatic carbocycles. The zero-order chi connectivity index (χ0) is 15.0. The first kappa shape index (κ1) is 14.8. The number of hydrogen-bond donors (Lipinski definition) is 2. The molecule has 0 atom stereocenters. The average Bonchev–Trinajstić information content (AvgIpc) is 2.61. The maximum absolute atomic E-state index is 12.0. The highest BCUT2D eigenvalue weighted by Crippen LogP contribution is 2.25. The number of amides is 4. The maximum atomic E-state index is 12.0. The van der Waals surface area contributed by atoms with Crippen LogP contribution in [-0.4, -0.2) is 53.6 Å². The highest BCUT2D eigenvalue weighted by atomic mass is 16.5. The molecule has 0 aromatic rings. The monoisotopic (exact) mass is 283 g/mol. The van der Waals surface area contributed by atoms with Crippen LogP contribution >= 0.6 is 0 Å². The zero-order valence-electron chi connectivity index (χ0n) is 12.1. The number of nitrogens with zero attached hydrogens (tertiary/aromatic N) is 1. The molecular weight excluding hydrogens is 262 g/mol. The van der Waals surface area contributed by atoms with Crippen LogP contribution in [0.1, 0.15) is 33.6 Å². The van der Waals surface area contributed by atoms with Crippen molar-refractivity contribution in [3.8, 4) is 0 Å². The van der Waals surface area contributed by atoms with Crippen molar-refractivity contribution < 1.29 is 19.1 Å². The Morgan fingerprint density at radius 1 is 1.30 bits per heavy atom. The summed E-state index contributed by atoms with van der Waals surface area (Å²) < 4.78 is 5.46. The van der Waals surface area contributed by atoms with Gasteiger partial charge in [0.1, 0.15) is 12.1 Å². The molecule has 2 N–H and O–H groups in total. The van der Waals surface area contributed by atoms with E-state index in [9.17, 15) is 14.4 Å². The van der Waals surface area contributed by atoms with Crippen LogP contribution in [0.5, 0.6) is 0 Å². The summed E-state index contributed by atoms with van der Waals surface area (Å²) in [6, 6.07) is -0.453. The number of imide groups is 1. The number of carbonyl (C=O) groups excluding carboxylic acids is 3. The van der Waals surface area contributed by atoms with E-state index in [0.29, 0.717) is 25.9 Å². The predicted molar refractivity (Wildman–Crippen MR) is 70.9 cm³/mol. The molecule has 0 aromatic carbocycles. The minimum Gasteiger partial charge on any atom is -0.366 e. The Morgan fingerprint density at radius 3 is 2.35 bits per heavy atom. The molecule has 2 heterocycles. The number of likely N-dealkylation sites (tertiary alicyclic amines) is 1. The van der Waals surface area contributed by atoms with Crippen LogP contribution in [-0.2, 0) is 14.3 Å². The van der Waals surface area contributed by atoms with Crippen LogP contribution in [0.3, 0.4) is 0 Å². The molecule has 2 rings (SSSR count). The van der Waals surface area contributed by atoms with Crippen molar-refractivity contribution in [2.75, 3.05) is 19.7 Å². The van der Waals surface area contributed by atoms with Gasteiger partial charge < -0.3 is 15.0 Å². The van der Waals surface area contributed by atoms with Gasteiger partial charge in [0.2, 0.25) is 5.91 Å². The fourth-order valence-electron chi connectivity index (χ4n) is 2.39. The molecule has 1 spiro atoms. The molecule has 4 amide bonds. The SMILES string of the molecule is CC(C)(C)OCC(=O)N1CCC2(CC1)NC(=O)NC2=O. The quantitative estimate of drug-likeness (QED) is 0.698. The van der Waals surface area contributed by atoms with E-state index < -0.39 is 11.6 Å². The van der Waals surface area contributed by atoms with Gasteiger partial charge in [0.25, 0.3) is 5.91 Å². The number of nitrogens with one attached hydrogen (secondary N) is 2. The van der Waals surface area contributed by atoms with E-state index >= 15 is 0 Å². The minimum atomic E-state index is -0.835. The number of piperidine rings is 1. The topological polar surface area (TPSA) is 87.7 Å². The molecule has 0 saturated carbocycles. The average molecular weight is 283 g/mol. The number of hydrogen-bond acceptors (Lipinski definition) is 4. The first-order chi connectivity index (χ1) is 9.22. The number of ether oxygens (including phenoxy) is 1. The zero-order valence-corrected chi connectivity index (χ0v) is 12.1. The molecule has 20 heavy (non-hydrogen) atoms. The minimum absolute atomic E-state index is 0.0368. The van der Waals surface area contributed by atoms with Gasteiger partial charge in [0.05, 0.1) is 5.60 Å². The normalized spacial score (nSPS) is 21.9. The van der Waals surface area contributed by atoms with E-state index in [0.717, 1.165) is 0 Å². The Kier molecular flexibility index (Phi) is 3.73. The fraction of sp³-hybridized carbons (Fsp3) is 0.769. The molecule has 0 aromatic heterocycles. The summed E-state index contributed by atoms with van der Waals surface area (Å²) >= 11 is 0. The highest BCUT2D eigenvalue weighted by molar-refractivity contribution is 6.07. The third kappa shape index (κ3) is 3.09. The van der Waals surface area contributed by atoms with Crippen LogP contribution < -0.4 is 10.6 Å². The van der Waals surface area contributed by atoms with E-state index in [2.05, 4.69) is 10.6 Å². The van der Waals surface area contributed by atoms with Crippen molar-refractivity contribution in [1.29, 1.82) is 0 Å². The Bertz CT molecular complexity index is 433. The largest absolute Gasteiger partial charge is 0.366 e. The molecule has 2 aliphatic rings. The summed E-state index contributed by atoms with van der Waals surface area (Å²) in [5.74, 6) is -0.375. The van der Waals surface area contributed by atoms with Crippen molar-refractivity contribution in [3.63, 3.8) is 0 Å². The molecule has 2 fully saturated rings. The summed E-state index contributed by atoms with van der Waals surface area (Å²) in [6.45, 7) is 6.60. The second-order valence-corrected chi connectivity index (χ2v) is 6.27. The third-order valence-corrected chi connectivity index (χ3v) is 3.61. The molecule has 2 aliphatic heterocycles. The lowest BCUT2D eigenvalue weighted by Gasteiger charge is -2.37. The lowest BCUT2D eigenvalue weighted by molar-refractivity contribution is -0.144. The van der Waals surface area contributed by atoms with E-state index in [1.165, 1.54) is 0 Å². The lowest BCUT2D eigenvalue weighted by atomic mass is 9.88. The summed E-state index contributed by atoms with van der Waals surface area (Å²) in [4.78, 5) is 36.7. The number of carbonyl (C=O) groups is 3. The fourth-order valence-corrected chi connectivity index (χ4v) is 2.39. The Morgan fingerprint density at radius 2 is 1.90 bits per heavy atom. The van der Waals surface area contributed by atoms with Crippen LogP contribution in [0.2, 0.25) is 0 Å². The van der Waals surface area contributed by atoms with E-state index in [1.807, 2.05) is 20.8 Å². The highest BCUT2D eigenvalue weighted by Gasteiger charge is 2.48. The molecule has 2 saturated heterocycles. The third-order valence-electron chi connectivity index (χ3n) is 3.61. The van der Waals surface area contributed by atoms with Crippen LogP contribution in [0.15, 0.2) is 0 Å². The van der Waals surface area contributed by atoms with Gasteiger partial charge in [0, 0.05) is 13.1 Å². The number of rotatable bonds is 2. The van der Waals surface area contributed by atoms with Gasteiger partial charge in [-0.25, -0.2) is 4.79 Å². The number of urea groups is 1. The smallest absolute Gasteiger partial charge is 0.322 e. The van der Waals surface area contributed by atoms with Crippen molar-refractivity contribution >= 4 is 17.8 Å². The Balaban J connectivity index is 1.87. The maximum Gasteiger partial charge on any atom is 0.322 e. The first-order valence-corrected chi connectivity index (χ1v) is 6.77. The second-order valence-electron chi connectivity index (χ2n) is 6.27. The van der Waals surface area contributed by atoms with Gasteiger partial charge in [0.15, 0.2) is 0 Å². The summed E-state index contributed by atoms with van der Waals surface area (Å²) in [6.07, 6.45) is 0.873. The van der Waals surface area contributed by atoms with Crippen molar-refractivity contribution in [3.05, 3.63) is 0 Å². The van der Waals surface area contributed by atoms with Crippen LogP contribution in [0.4, 0.5) is 4.79 Å². The van der Waals surface area contributed by atoms with Gasteiger partial charge in [-0.3, -0.25) is 14.9 Å². The van der Waals surface area contributed by atoms with Crippen molar-refractivity contribution in [2.24, 2.45) is 0 Å². The van der Waals surface area contributed by atoms with Gasteiger partial charge in [-0.2, -0.15) is 0 Å². The lowest BCUT2D eigenvalue weighted by Crippen LogP contribution is -2.56. The molecule has 112 valence electrons. The van der Waals surface area contributed by atoms with E-state index in [1.54, 1.807) is 4.90 Å². The summed E-state index contributed by atoms with van der Waals surface area (Å²) in [5, 5.41) is 4.92. The second kappa shape index (κ2) is 5.05. The van der Waals surface area contributed by atoms with E-state index in [-0.39, 0.29) is 24.0 Å². The van der Waals surface area contributed by atoms with Crippen LogP contribution in [0, 0.1) is 0 Å². The molecule has 0 unspecified atom stereocenters. The van der Waals surface area contributed by atoms with Gasteiger partial charge >= 0.3 is 6.03 Å². The Labute approximate surface area is 118 Å². The van der Waals surface area contributed by atoms with Crippen molar-refractivity contribution in [2.45, 2.75) is 44.8 Å². The summed E-state index contributed by atoms with van der Waals surface area (Å²) in [7, 11) is 0. The molecular formula is C13H21N3O4. The molecule has 0 bridgehead atoms. The van der Waals surface area contributed by atoms with Gasteiger partial charge in [-0.1, -0.05) is 0 Å². The van der Waals surface area contributed by atoms with E-state index in [4.69, 9.17) is 4.74 Å². The first-order valence-electron chi connectivity index (χ1n) is 6.77. The summed E-state index contributed by atoms with van der Waals surface area (Å²) in [5.41, 5.74) is -1.19. The van der Waals surface area contributed by atoms with Gasteiger partial charge in [-0.05, 0) is 33.6 Å². The Hall–Kier alpha value is -1.63.